The van der Waals surface area contributed by atoms with E-state index in [4.69, 9.17) is 10.9 Å². The van der Waals surface area contributed by atoms with E-state index in [1.807, 2.05) is 6.92 Å². The Kier molecular flexibility index (Phi) is 3.98. The molecule has 1 fully saturated rings. The van der Waals surface area contributed by atoms with Crippen LogP contribution in [0, 0.1) is 6.92 Å². The molecule has 110 valence electrons. The van der Waals surface area contributed by atoms with Gasteiger partial charge in [-0.05, 0) is 30.7 Å². The lowest BCUT2D eigenvalue weighted by Gasteiger charge is -2.33. The molecule has 1 heterocycles. The molecule has 1 amide bonds. The Morgan fingerprint density at radius 2 is 1.80 bits per heavy atom. The van der Waals surface area contributed by atoms with Crippen molar-refractivity contribution in [3.05, 3.63) is 29.3 Å². The number of nitrogen functional groups attached to an aromatic ring is 1. The van der Waals surface area contributed by atoms with Gasteiger partial charge >= 0.3 is 0 Å². The molecular weight excluding hydrogens is 280 g/mol. The van der Waals surface area contributed by atoms with E-state index in [0.29, 0.717) is 24.3 Å². The summed E-state index contributed by atoms with van der Waals surface area (Å²) in [5, 5.41) is 5.06. The molecule has 0 saturated carbocycles. The van der Waals surface area contributed by atoms with Gasteiger partial charge in [-0.2, -0.15) is 12.7 Å². The Labute approximate surface area is 118 Å². The molecule has 0 unspecified atom stereocenters. The van der Waals surface area contributed by atoms with E-state index < -0.39 is 10.2 Å². The van der Waals surface area contributed by atoms with E-state index >= 15 is 0 Å². The van der Waals surface area contributed by atoms with Crippen molar-refractivity contribution in [1.29, 1.82) is 0 Å². The Hall–Kier alpha value is -1.64. The number of rotatable bonds is 2. The molecule has 1 saturated heterocycles. The highest BCUT2D eigenvalue weighted by Crippen LogP contribution is 2.15. The summed E-state index contributed by atoms with van der Waals surface area (Å²) in [4.78, 5) is 13.9. The second-order valence-corrected chi connectivity index (χ2v) is 6.35. The van der Waals surface area contributed by atoms with E-state index in [1.165, 1.54) is 4.31 Å². The quantitative estimate of drug-likeness (QED) is 0.720. The van der Waals surface area contributed by atoms with Crippen LogP contribution in [0.25, 0.3) is 0 Å². The third-order valence-corrected chi connectivity index (χ3v) is 4.49. The van der Waals surface area contributed by atoms with Crippen molar-refractivity contribution >= 4 is 21.8 Å². The lowest BCUT2D eigenvalue weighted by atomic mass is 10.1. The van der Waals surface area contributed by atoms with Crippen LogP contribution in [-0.4, -0.2) is 49.7 Å². The molecular formula is C12H18N4O3S. The van der Waals surface area contributed by atoms with E-state index in [-0.39, 0.29) is 19.0 Å². The van der Waals surface area contributed by atoms with Gasteiger partial charge in [0.25, 0.3) is 16.1 Å². The summed E-state index contributed by atoms with van der Waals surface area (Å²) >= 11 is 0. The number of carbonyl (C=O) groups excluding carboxylic acids is 1. The zero-order chi connectivity index (χ0) is 14.9. The van der Waals surface area contributed by atoms with Crippen LogP contribution in [0.2, 0.25) is 0 Å². The van der Waals surface area contributed by atoms with Gasteiger partial charge in [0.05, 0.1) is 0 Å². The number of aryl methyl sites for hydroxylation is 1. The van der Waals surface area contributed by atoms with Gasteiger partial charge in [0.1, 0.15) is 0 Å². The average molecular weight is 298 g/mol. The molecule has 0 bridgehead atoms. The minimum absolute atomic E-state index is 0.123. The first kappa shape index (κ1) is 14.8. The third kappa shape index (κ3) is 3.09. The molecule has 1 aromatic rings. The van der Waals surface area contributed by atoms with E-state index in [9.17, 15) is 13.2 Å². The smallest absolute Gasteiger partial charge is 0.277 e. The van der Waals surface area contributed by atoms with Crippen LogP contribution in [0.5, 0.6) is 0 Å². The maximum atomic E-state index is 12.3. The summed E-state index contributed by atoms with van der Waals surface area (Å²) in [7, 11) is -3.67. The van der Waals surface area contributed by atoms with E-state index in [2.05, 4.69) is 0 Å². The molecule has 1 aliphatic heterocycles. The predicted octanol–water partition coefficient (Wildman–Crippen LogP) is -0.461. The van der Waals surface area contributed by atoms with Gasteiger partial charge in [-0.25, -0.2) is 5.14 Å². The van der Waals surface area contributed by atoms with Gasteiger partial charge in [-0.1, -0.05) is 0 Å². The summed E-state index contributed by atoms with van der Waals surface area (Å²) in [5.41, 5.74) is 7.76. The second kappa shape index (κ2) is 5.39. The van der Waals surface area contributed by atoms with Crippen LogP contribution in [0.1, 0.15) is 15.9 Å². The number of benzene rings is 1. The minimum Gasteiger partial charge on any atom is -0.399 e. The van der Waals surface area contributed by atoms with Gasteiger partial charge in [-0.15, -0.1) is 0 Å². The van der Waals surface area contributed by atoms with Crippen LogP contribution < -0.4 is 10.9 Å². The molecule has 0 radical (unpaired) electrons. The fraction of sp³-hybridized carbons (Fsp3) is 0.417. The topological polar surface area (TPSA) is 110 Å². The fourth-order valence-electron chi connectivity index (χ4n) is 2.14. The lowest BCUT2D eigenvalue weighted by molar-refractivity contribution is 0.0698. The number of piperazine rings is 1. The molecule has 0 aliphatic carbocycles. The van der Waals surface area contributed by atoms with Crippen molar-refractivity contribution in [3.8, 4) is 0 Å². The molecule has 1 aromatic carbocycles. The summed E-state index contributed by atoms with van der Waals surface area (Å²) in [6, 6.07) is 5.11. The van der Waals surface area contributed by atoms with Crippen LogP contribution in [0.15, 0.2) is 18.2 Å². The van der Waals surface area contributed by atoms with Crippen LogP contribution in [0.3, 0.4) is 0 Å². The Morgan fingerprint density at radius 1 is 1.20 bits per heavy atom. The molecule has 0 aromatic heterocycles. The van der Waals surface area contributed by atoms with Gasteiger partial charge < -0.3 is 10.6 Å². The molecule has 0 atom stereocenters. The van der Waals surface area contributed by atoms with Crippen molar-refractivity contribution in [2.45, 2.75) is 6.92 Å². The van der Waals surface area contributed by atoms with Crippen molar-refractivity contribution in [3.63, 3.8) is 0 Å². The number of hydrogen-bond donors (Lipinski definition) is 2. The Morgan fingerprint density at radius 3 is 2.30 bits per heavy atom. The molecule has 0 spiro atoms. The summed E-state index contributed by atoms with van der Waals surface area (Å²) in [6.45, 7) is 2.94. The molecule has 20 heavy (non-hydrogen) atoms. The van der Waals surface area contributed by atoms with Crippen molar-refractivity contribution < 1.29 is 13.2 Å². The first-order valence-electron chi connectivity index (χ1n) is 6.22. The highest BCUT2D eigenvalue weighted by molar-refractivity contribution is 7.86. The highest BCUT2D eigenvalue weighted by Gasteiger charge is 2.27. The Balaban J connectivity index is 2.07. The van der Waals surface area contributed by atoms with Crippen LogP contribution in [0.4, 0.5) is 5.69 Å². The third-order valence-electron chi connectivity index (χ3n) is 3.40. The van der Waals surface area contributed by atoms with Gasteiger partial charge in [0, 0.05) is 37.4 Å². The Bertz CT molecular complexity index is 622. The molecule has 2 rings (SSSR count). The van der Waals surface area contributed by atoms with Crippen molar-refractivity contribution in [2.24, 2.45) is 5.14 Å². The van der Waals surface area contributed by atoms with Gasteiger partial charge in [-0.3, -0.25) is 4.79 Å². The first-order valence-corrected chi connectivity index (χ1v) is 7.72. The summed E-state index contributed by atoms with van der Waals surface area (Å²) in [5.74, 6) is -0.123. The number of carbonyl (C=O) groups is 1. The summed E-state index contributed by atoms with van der Waals surface area (Å²) in [6.07, 6.45) is 0. The maximum absolute atomic E-state index is 12.3. The normalized spacial score (nSPS) is 17.2. The van der Waals surface area contributed by atoms with Crippen molar-refractivity contribution in [1.82, 2.24) is 9.21 Å². The maximum Gasteiger partial charge on any atom is 0.277 e. The predicted molar refractivity (Wildman–Crippen MR) is 76.2 cm³/mol. The van der Waals surface area contributed by atoms with E-state index in [1.54, 1.807) is 23.1 Å². The molecule has 4 N–H and O–H groups in total. The number of amides is 1. The zero-order valence-corrected chi connectivity index (χ0v) is 12.1. The number of hydrogen-bond acceptors (Lipinski definition) is 4. The number of nitrogens with zero attached hydrogens (tertiary/aromatic N) is 2. The summed E-state index contributed by atoms with van der Waals surface area (Å²) < 4.78 is 23.6. The average Bonchev–Trinajstić information content (AvgIpc) is 2.40. The molecule has 8 heteroatoms. The number of nitrogens with two attached hydrogens (primary N) is 2. The monoisotopic (exact) mass is 298 g/mol. The molecule has 1 aliphatic rings. The largest absolute Gasteiger partial charge is 0.399 e. The fourth-order valence-corrected chi connectivity index (χ4v) is 2.81. The van der Waals surface area contributed by atoms with Crippen LogP contribution >= 0.6 is 0 Å². The minimum atomic E-state index is -3.67. The van der Waals surface area contributed by atoms with Gasteiger partial charge in [0.2, 0.25) is 0 Å². The highest BCUT2D eigenvalue weighted by atomic mass is 32.2. The SMILES string of the molecule is Cc1cc(C(=O)N2CCN(S(N)(=O)=O)CC2)ccc1N. The standard InChI is InChI=1S/C12H18N4O3S/c1-9-8-10(2-3-11(9)13)12(17)15-4-6-16(7-5-15)20(14,18)19/h2-3,8H,4-7,13H2,1H3,(H2,14,18,19). The first-order chi connectivity index (χ1) is 9.29. The van der Waals surface area contributed by atoms with Crippen molar-refractivity contribution in [2.75, 3.05) is 31.9 Å². The van der Waals surface area contributed by atoms with E-state index in [0.717, 1.165) is 5.56 Å². The molecule has 7 nitrogen and oxygen atoms in total. The van der Waals surface area contributed by atoms with Crippen LogP contribution in [-0.2, 0) is 10.2 Å². The second-order valence-electron chi connectivity index (χ2n) is 4.81. The number of anilines is 1. The lowest BCUT2D eigenvalue weighted by Crippen LogP contribution is -2.52. The zero-order valence-electron chi connectivity index (χ0n) is 11.2. The van der Waals surface area contributed by atoms with Gasteiger partial charge in [0.15, 0.2) is 0 Å².